The molecule has 0 spiro atoms. The fraction of sp³-hybridized carbons (Fsp3) is 0.519. The molecule has 0 fully saturated rings. The number of nitrogens with zero attached hydrogens (tertiary/aromatic N) is 1. The van der Waals surface area contributed by atoms with Gasteiger partial charge in [0.05, 0.1) is 15.6 Å². The summed E-state index contributed by atoms with van der Waals surface area (Å²) in [4.78, 5) is 22.0. The maximum absolute atomic E-state index is 11.7. The lowest BCUT2D eigenvalue weighted by molar-refractivity contribution is -0.383. The van der Waals surface area contributed by atoms with Gasteiger partial charge in [-0.1, -0.05) is 99.7 Å². The number of carbonyl (C=O) groups excluding carboxylic acids is 1. The Morgan fingerprint density at radius 1 is 0.889 bits per heavy atom. The van der Waals surface area contributed by atoms with E-state index in [1.807, 2.05) is 30.3 Å². The van der Waals surface area contributed by atoms with E-state index < -0.39 is 4.92 Å². The van der Waals surface area contributed by atoms with Gasteiger partial charge in [-0.2, -0.15) is 0 Å². The summed E-state index contributed by atoms with van der Waals surface area (Å²) in [7, 11) is 0. The number of unbranched alkanes of at least 4 members (excludes halogenated alkanes) is 10. The second-order valence-corrected chi connectivity index (χ2v) is 9.36. The number of nitrogens with one attached hydrogen (secondary N) is 2. The number of hydrogen-bond acceptors (Lipinski definition) is 6. The van der Waals surface area contributed by atoms with Crippen molar-refractivity contribution in [2.24, 2.45) is 0 Å². The molecule has 0 aliphatic heterocycles. The third kappa shape index (κ3) is 12.1. The molecule has 0 radical (unpaired) electrons. The standard InChI is InChI=1S/C27H39ClN4O4/c28-23-19-26(32(34)35)24(29)20-25(23)30-17-13-8-6-4-2-1-3-5-7-9-14-18-31-27(33)36-21-22-15-11-10-12-16-22/h10-12,15-16,19-20,30H,1-9,13-14,17-18,21,29H2,(H,31,33). The first-order valence-electron chi connectivity index (χ1n) is 12.9. The van der Waals surface area contributed by atoms with Crippen LogP contribution in [0.5, 0.6) is 0 Å². The molecule has 198 valence electrons. The van der Waals surface area contributed by atoms with Crippen LogP contribution in [0.3, 0.4) is 0 Å². The molecule has 0 aliphatic carbocycles. The lowest BCUT2D eigenvalue weighted by Crippen LogP contribution is -2.25. The van der Waals surface area contributed by atoms with Gasteiger partial charge in [0.25, 0.3) is 5.69 Å². The Balaban J connectivity index is 1.35. The van der Waals surface area contributed by atoms with E-state index >= 15 is 0 Å². The summed E-state index contributed by atoms with van der Waals surface area (Å²) in [5, 5.41) is 17.2. The molecule has 2 rings (SSSR count). The van der Waals surface area contributed by atoms with Gasteiger partial charge in [0.2, 0.25) is 0 Å². The first-order chi connectivity index (χ1) is 17.5. The number of ether oxygens (including phenoxy) is 1. The number of alkyl carbamates (subject to hydrolysis) is 1. The van der Waals surface area contributed by atoms with Crippen molar-refractivity contribution in [1.82, 2.24) is 5.32 Å². The molecular formula is C27H39ClN4O4. The number of benzene rings is 2. The van der Waals surface area contributed by atoms with E-state index in [-0.39, 0.29) is 17.5 Å². The minimum atomic E-state index is -0.530. The van der Waals surface area contributed by atoms with Crippen molar-refractivity contribution < 1.29 is 14.5 Å². The summed E-state index contributed by atoms with van der Waals surface area (Å²) in [5.74, 6) is 0. The van der Waals surface area contributed by atoms with Gasteiger partial charge in [-0.25, -0.2) is 4.79 Å². The second kappa shape index (κ2) is 17.4. The van der Waals surface area contributed by atoms with Crippen molar-refractivity contribution in [3.05, 3.63) is 63.2 Å². The van der Waals surface area contributed by atoms with Crippen LogP contribution in [0.15, 0.2) is 42.5 Å². The van der Waals surface area contributed by atoms with Gasteiger partial charge in [0, 0.05) is 19.2 Å². The third-order valence-corrected chi connectivity index (χ3v) is 6.28. The van der Waals surface area contributed by atoms with Crippen LogP contribution in [0, 0.1) is 10.1 Å². The maximum atomic E-state index is 11.7. The average Bonchev–Trinajstić information content (AvgIpc) is 2.87. The van der Waals surface area contributed by atoms with Crippen molar-refractivity contribution in [1.29, 1.82) is 0 Å². The molecule has 0 aliphatic rings. The Labute approximate surface area is 219 Å². The lowest BCUT2D eigenvalue weighted by atomic mass is 10.1. The van der Waals surface area contributed by atoms with Crippen molar-refractivity contribution in [2.75, 3.05) is 24.1 Å². The second-order valence-electron chi connectivity index (χ2n) is 8.95. The van der Waals surface area contributed by atoms with Gasteiger partial charge in [-0.3, -0.25) is 10.1 Å². The highest BCUT2D eigenvalue weighted by Crippen LogP contribution is 2.32. The highest BCUT2D eigenvalue weighted by Gasteiger charge is 2.14. The number of nitrogens with two attached hydrogens (primary N) is 1. The number of anilines is 2. The van der Waals surface area contributed by atoms with Crippen LogP contribution in [-0.4, -0.2) is 24.1 Å². The van der Waals surface area contributed by atoms with E-state index in [0.717, 1.165) is 37.8 Å². The Hall–Kier alpha value is -3.00. The minimum absolute atomic E-state index is 0.114. The van der Waals surface area contributed by atoms with Crippen LogP contribution in [0.2, 0.25) is 5.02 Å². The Morgan fingerprint density at radius 2 is 1.44 bits per heavy atom. The molecule has 2 aromatic carbocycles. The maximum Gasteiger partial charge on any atom is 0.407 e. The number of carbonyl (C=O) groups is 1. The summed E-state index contributed by atoms with van der Waals surface area (Å²) in [6.45, 7) is 1.72. The zero-order valence-corrected chi connectivity index (χ0v) is 21.7. The Bertz CT molecular complexity index is 927. The number of hydrogen-bond donors (Lipinski definition) is 3. The highest BCUT2D eigenvalue weighted by molar-refractivity contribution is 6.33. The molecule has 8 nitrogen and oxygen atoms in total. The molecule has 0 unspecified atom stereocenters. The molecule has 0 saturated carbocycles. The fourth-order valence-corrected chi connectivity index (χ4v) is 4.13. The van der Waals surface area contributed by atoms with Crippen LogP contribution in [-0.2, 0) is 11.3 Å². The van der Waals surface area contributed by atoms with Crippen molar-refractivity contribution in [3.63, 3.8) is 0 Å². The highest BCUT2D eigenvalue weighted by atomic mass is 35.5. The number of nitro benzene ring substituents is 1. The van der Waals surface area contributed by atoms with Crippen LogP contribution in [0.1, 0.15) is 76.2 Å². The predicted octanol–water partition coefficient (Wildman–Crippen LogP) is 7.46. The van der Waals surface area contributed by atoms with Crippen LogP contribution in [0.25, 0.3) is 0 Å². The quantitative estimate of drug-likeness (QED) is 0.0815. The van der Waals surface area contributed by atoms with E-state index in [9.17, 15) is 14.9 Å². The van der Waals surface area contributed by atoms with E-state index in [2.05, 4.69) is 10.6 Å². The summed E-state index contributed by atoms with van der Waals surface area (Å²) in [6.07, 6.45) is 12.5. The van der Waals surface area contributed by atoms with Crippen molar-refractivity contribution >= 4 is 34.8 Å². The van der Waals surface area contributed by atoms with Gasteiger partial charge >= 0.3 is 6.09 Å². The summed E-state index contributed by atoms with van der Waals surface area (Å²) in [5.41, 5.74) is 7.29. The van der Waals surface area contributed by atoms with Crippen molar-refractivity contribution in [2.45, 2.75) is 77.2 Å². The van der Waals surface area contributed by atoms with Gasteiger partial charge in [0.1, 0.15) is 12.3 Å². The minimum Gasteiger partial charge on any atom is -0.445 e. The lowest BCUT2D eigenvalue weighted by Gasteiger charge is -2.09. The largest absolute Gasteiger partial charge is 0.445 e. The number of nitrogen functional groups attached to an aromatic ring is 1. The molecule has 9 heteroatoms. The Kier molecular flexibility index (Phi) is 14.2. The monoisotopic (exact) mass is 518 g/mol. The van der Waals surface area contributed by atoms with Gasteiger partial charge in [0.15, 0.2) is 0 Å². The predicted molar refractivity (Wildman–Crippen MR) is 146 cm³/mol. The van der Waals surface area contributed by atoms with Gasteiger partial charge < -0.3 is 21.1 Å². The van der Waals surface area contributed by atoms with Gasteiger partial charge in [-0.15, -0.1) is 0 Å². The number of halogens is 1. The molecule has 2 aromatic rings. The zero-order chi connectivity index (χ0) is 26.0. The molecule has 0 aromatic heterocycles. The fourth-order valence-electron chi connectivity index (χ4n) is 3.90. The van der Waals surface area contributed by atoms with E-state index in [1.54, 1.807) is 0 Å². The number of rotatable bonds is 18. The zero-order valence-electron chi connectivity index (χ0n) is 21.0. The van der Waals surface area contributed by atoms with E-state index in [4.69, 9.17) is 22.1 Å². The first kappa shape index (κ1) is 29.2. The molecule has 0 heterocycles. The SMILES string of the molecule is Nc1cc(NCCCCCCCCCCCCCNC(=O)OCc2ccccc2)c(Cl)cc1[N+](=O)[O-]. The summed E-state index contributed by atoms with van der Waals surface area (Å²) < 4.78 is 5.20. The van der Waals surface area contributed by atoms with Crippen LogP contribution >= 0.6 is 11.6 Å². The summed E-state index contributed by atoms with van der Waals surface area (Å²) >= 11 is 6.10. The molecule has 0 saturated heterocycles. The van der Waals surface area contributed by atoms with Crippen LogP contribution in [0.4, 0.5) is 21.9 Å². The topological polar surface area (TPSA) is 120 Å². The third-order valence-electron chi connectivity index (χ3n) is 5.96. The average molecular weight is 519 g/mol. The van der Waals surface area contributed by atoms with Crippen molar-refractivity contribution in [3.8, 4) is 0 Å². The van der Waals surface area contributed by atoms with Crippen LogP contribution < -0.4 is 16.4 Å². The van der Waals surface area contributed by atoms with Gasteiger partial charge in [-0.05, 0) is 24.5 Å². The molecule has 36 heavy (non-hydrogen) atoms. The normalized spacial score (nSPS) is 10.7. The molecule has 4 N–H and O–H groups in total. The number of nitro groups is 1. The number of amides is 1. The molecule has 1 amide bonds. The van der Waals surface area contributed by atoms with E-state index in [1.165, 1.54) is 57.1 Å². The molecular weight excluding hydrogens is 480 g/mol. The van der Waals surface area contributed by atoms with E-state index in [0.29, 0.717) is 23.9 Å². The molecule has 0 bridgehead atoms. The Morgan fingerprint density at radius 3 is 2.03 bits per heavy atom. The molecule has 0 atom stereocenters. The smallest absolute Gasteiger partial charge is 0.407 e. The first-order valence-corrected chi connectivity index (χ1v) is 13.3. The summed E-state index contributed by atoms with van der Waals surface area (Å²) in [6, 6.07) is 12.5.